The number of aromatic nitrogens is 4. The number of benzene rings is 2. The normalized spacial score (nSPS) is 19.1. The minimum atomic E-state index is -2.85. The number of H-pyrrole nitrogens is 1. The molecule has 6 heterocycles. The molecule has 2 aromatic carbocycles. The van der Waals surface area contributed by atoms with Crippen LogP contribution in [0, 0.1) is 18.6 Å². The fraction of sp³-hybridized carbons (Fsp3) is 0.286. The van der Waals surface area contributed by atoms with Gasteiger partial charge in [-0.2, -0.15) is 5.10 Å². The van der Waals surface area contributed by atoms with E-state index in [-0.39, 0.29) is 47.0 Å². The average molecular weight is 735 g/mol. The Labute approximate surface area is 297 Å². The number of nitrogens with one attached hydrogen (secondary N) is 2. The molecular formula is C35H30F4N8O6. The summed E-state index contributed by atoms with van der Waals surface area (Å²) < 4.78 is 72.1. The number of anilines is 2. The molecule has 0 saturated carbocycles. The van der Waals surface area contributed by atoms with Crippen molar-refractivity contribution in [3.05, 3.63) is 83.3 Å². The number of nitrogen functional groups attached to an aromatic ring is 1. The number of nitrogens with two attached hydrogens (primary N) is 1. The van der Waals surface area contributed by atoms with Gasteiger partial charge in [0.15, 0.2) is 11.6 Å². The van der Waals surface area contributed by atoms with Crippen molar-refractivity contribution >= 4 is 40.1 Å². The molecule has 1 unspecified atom stereocenters. The van der Waals surface area contributed by atoms with E-state index in [4.69, 9.17) is 19.9 Å². The maximum atomic E-state index is 14.1. The van der Waals surface area contributed by atoms with Gasteiger partial charge >= 0.3 is 6.03 Å². The first-order valence-corrected chi connectivity index (χ1v) is 16.5. The van der Waals surface area contributed by atoms with Crippen molar-refractivity contribution in [3.63, 3.8) is 0 Å². The minimum Gasteiger partial charge on any atom is -0.485 e. The molecule has 8 rings (SSSR count). The number of hydrogen-bond donors (Lipinski definition) is 3. The van der Waals surface area contributed by atoms with Gasteiger partial charge in [-0.1, -0.05) is 6.07 Å². The first-order chi connectivity index (χ1) is 25.4. The molecule has 0 aliphatic carbocycles. The lowest BCUT2D eigenvalue weighted by Gasteiger charge is -2.35. The van der Waals surface area contributed by atoms with E-state index < -0.39 is 53.7 Å². The average Bonchev–Trinajstić information content (AvgIpc) is 3.86. The van der Waals surface area contributed by atoms with Crippen molar-refractivity contribution in [2.45, 2.75) is 31.4 Å². The van der Waals surface area contributed by atoms with Crippen LogP contribution in [0.5, 0.6) is 17.4 Å². The van der Waals surface area contributed by atoms with Gasteiger partial charge in [-0.05, 0) is 49.2 Å². The number of rotatable bonds is 10. The number of carbonyl (C=O) groups is 3. The fourth-order valence-electron chi connectivity index (χ4n) is 6.77. The number of ketones is 1. The number of imide groups is 1. The molecule has 3 aliphatic rings. The molecule has 14 nitrogen and oxygen atoms in total. The van der Waals surface area contributed by atoms with Gasteiger partial charge in [0, 0.05) is 30.1 Å². The number of carbonyl (C=O) groups excluding carboxylic acids is 3. The number of aromatic amines is 1. The Morgan fingerprint density at radius 2 is 1.89 bits per heavy atom. The number of fused-ring (bicyclic) bond motifs is 1. The Hall–Kier alpha value is -6.01. The molecule has 3 aromatic heterocycles. The van der Waals surface area contributed by atoms with Gasteiger partial charge in [0.05, 0.1) is 54.3 Å². The van der Waals surface area contributed by atoms with Crippen LogP contribution in [-0.4, -0.2) is 93.3 Å². The number of aryl methyl sites for hydroxylation is 1. The third-order valence-electron chi connectivity index (χ3n) is 9.61. The highest BCUT2D eigenvalue weighted by Crippen LogP contribution is 2.40. The van der Waals surface area contributed by atoms with Crippen molar-refractivity contribution < 1.29 is 46.2 Å². The Balaban J connectivity index is 1.08. The van der Waals surface area contributed by atoms with Gasteiger partial charge in [-0.25, -0.2) is 36.9 Å². The number of likely N-dealkylation sites (tertiary alicyclic amines) is 1. The molecular weight excluding hydrogens is 704 g/mol. The summed E-state index contributed by atoms with van der Waals surface area (Å²) in [5.74, 6) is -3.85. The maximum Gasteiger partial charge on any atom is 0.329 e. The van der Waals surface area contributed by atoms with E-state index in [1.54, 1.807) is 6.92 Å². The Bertz CT molecular complexity index is 2290. The number of nitrogens with zero attached hydrogens (tertiary/aromatic N) is 5. The second kappa shape index (κ2) is 12.9. The predicted molar refractivity (Wildman–Crippen MR) is 180 cm³/mol. The molecule has 3 fully saturated rings. The summed E-state index contributed by atoms with van der Waals surface area (Å²) in [6.07, 6.45) is 0.0770. The molecule has 0 radical (unpaired) electrons. The largest absolute Gasteiger partial charge is 0.485 e. The van der Waals surface area contributed by atoms with Gasteiger partial charge in [-0.3, -0.25) is 14.5 Å². The number of ether oxygens (including phenoxy) is 3. The lowest BCUT2D eigenvalue weighted by atomic mass is 9.98. The van der Waals surface area contributed by atoms with Crippen LogP contribution in [0.15, 0.2) is 54.9 Å². The Morgan fingerprint density at radius 3 is 2.58 bits per heavy atom. The number of pyridine rings is 1. The van der Waals surface area contributed by atoms with Crippen molar-refractivity contribution in [2.24, 2.45) is 0 Å². The molecule has 0 bridgehead atoms. The van der Waals surface area contributed by atoms with Crippen molar-refractivity contribution in [1.82, 2.24) is 30.0 Å². The molecule has 4 N–H and O–H groups in total. The molecule has 3 amide bonds. The van der Waals surface area contributed by atoms with E-state index in [0.717, 1.165) is 17.0 Å². The smallest absolute Gasteiger partial charge is 0.329 e. The van der Waals surface area contributed by atoms with E-state index in [9.17, 15) is 31.9 Å². The molecule has 5 aromatic rings. The zero-order valence-corrected chi connectivity index (χ0v) is 27.9. The molecule has 18 heteroatoms. The van der Waals surface area contributed by atoms with E-state index in [2.05, 4.69) is 25.3 Å². The number of urea groups is 1. The van der Waals surface area contributed by atoms with Gasteiger partial charge in [0.1, 0.15) is 23.7 Å². The predicted octanol–water partition coefficient (Wildman–Crippen LogP) is 4.48. The number of halogens is 4. The first-order valence-electron chi connectivity index (χ1n) is 16.5. The highest BCUT2D eigenvalue weighted by atomic mass is 19.3. The number of amides is 3. The number of hydrogen-bond acceptors (Lipinski definition) is 10. The second-order valence-corrected chi connectivity index (χ2v) is 13.0. The second-order valence-electron chi connectivity index (χ2n) is 13.0. The zero-order chi connectivity index (χ0) is 37.2. The van der Waals surface area contributed by atoms with Gasteiger partial charge in [0.2, 0.25) is 17.4 Å². The molecule has 3 aliphatic heterocycles. The zero-order valence-electron chi connectivity index (χ0n) is 27.9. The molecule has 274 valence electrons. The molecule has 1 atom stereocenters. The van der Waals surface area contributed by atoms with E-state index >= 15 is 0 Å². The van der Waals surface area contributed by atoms with Crippen LogP contribution in [0.2, 0.25) is 0 Å². The van der Waals surface area contributed by atoms with Crippen LogP contribution in [0.1, 0.15) is 28.0 Å². The van der Waals surface area contributed by atoms with E-state index in [1.165, 1.54) is 47.4 Å². The van der Waals surface area contributed by atoms with E-state index in [0.29, 0.717) is 48.3 Å². The highest BCUT2D eigenvalue weighted by Gasteiger charge is 2.56. The Morgan fingerprint density at radius 1 is 1.11 bits per heavy atom. The van der Waals surface area contributed by atoms with Gasteiger partial charge in [-0.15, -0.1) is 0 Å². The van der Waals surface area contributed by atoms with Crippen molar-refractivity contribution in [2.75, 3.05) is 43.5 Å². The van der Waals surface area contributed by atoms with Gasteiger partial charge in [0.25, 0.3) is 12.3 Å². The summed E-state index contributed by atoms with van der Waals surface area (Å²) in [5, 5.41) is 7.43. The maximum absolute atomic E-state index is 14.1. The van der Waals surface area contributed by atoms with Crippen molar-refractivity contribution in [3.8, 4) is 23.1 Å². The van der Waals surface area contributed by atoms with Crippen molar-refractivity contribution in [1.29, 1.82) is 0 Å². The monoisotopic (exact) mass is 734 g/mol. The fourth-order valence-corrected chi connectivity index (χ4v) is 6.77. The molecule has 1 spiro atoms. The highest BCUT2D eigenvalue weighted by molar-refractivity contribution is 6.25. The Kier molecular flexibility index (Phi) is 8.29. The topological polar surface area (TPSA) is 170 Å². The quantitative estimate of drug-likeness (QED) is 0.106. The van der Waals surface area contributed by atoms with Crippen LogP contribution < -0.4 is 25.4 Å². The molecule has 3 saturated heterocycles. The van der Waals surface area contributed by atoms with Crippen LogP contribution in [0.25, 0.3) is 16.6 Å². The summed E-state index contributed by atoms with van der Waals surface area (Å²) in [4.78, 5) is 51.1. The summed E-state index contributed by atoms with van der Waals surface area (Å²) in [6.45, 7) is 2.56. The number of para-hydroxylation sites is 1. The first kappa shape index (κ1) is 34.1. The minimum absolute atomic E-state index is 0.00204. The standard InChI is InChI=1S/C35H30F4N8O6/c1-17-7-29(53-31-21(36)3-2-4-22(31)37)41-12-26(17)47-32(40)20(11-42-47)30(48)24-8-18-9-27(52-15-28(38)39)25(10-23(18)43-24)46-33(49)35(44-34(46)50)5-6-45(16-35)19-13-51-14-19/h2-4,7-12,19,28,43H,5-6,13-16,40H2,1H3,(H,44,50). The lowest BCUT2D eigenvalue weighted by molar-refractivity contribution is -0.122. The summed E-state index contributed by atoms with van der Waals surface area (Å²) in [7, 11) is 0. The van der Waals surface area contributed by atoms with Crippen LogP contribution in [0.4, 0.5) is 33.9 Å². The molecule has 53 heavy (non-hydrogen) atoms. The SMILES string of the molecule is Cc1cc(Oc2c(F)cccc2F)ncc1-n1ncc(C(=O)c2cc3cc(OCC(F)F)c(N4C(=O)NC5(CCN(C6COC6)C5)C4=O)cc3[nH]2)c1N. The third kappa shape index (κ3) is 5.88. The lowest BCUT2D eigenvalue weighted by Crippen LogP contribution is -2.53. The van der Waals surface area contributed by atoms with E-state index in [1.807, 2.05) is 0 Å². The summed E-state index contributed by atoms with van der Waals surface area (Å²) in [5.41, 5.74) is 6.31. The summed E-state index contributed by atoms with van der Waals surface area (Å²) >= 11 is 0. The summed E-state index contributed by atoms with van der Waals surface area (Å²) in [6, 6.07) is 8.36. The van der Waals surface area contributed by atoms with Gasteiger partial charge < -0.3 is 30.2 Å². The van der Waals surface area contributed by atoms with Crippen LogP contribution in [-0.2, 0) is 9.53 Å². The van der Waals surface area contributed by atoms with Crippen LogP contribution >= 0.6 is 0 Å². The third-order valence-corrected chi connectivity index (χ3v) is 9.61. The van der Waals surface area contributed by atoms with Crippen LogP contribution in [0.3, 0.4) is 0 Å². The number of alkyl halides is 2.